The van der Waals surface area contributed by atoms with Crippen LogP contribution in [0.2, 0.25) is 0 Å². The Morgan fingerprint density at radius 2 is 2.20 bits per heavy atom. The number of aromatic nitrogens is 1. The van der Waals surface area contributed by atoms with Crippen LogP contribution >= 0.6 is 0 Å². The molecule has 1 unspecified atom stereocenters. The van der Waals surface area contributed by atoms with Gasteiger partial charge in [-0.1, -0.05) is 13.3 Å². The van der Waals surface area contributed by atoms with Crippen LogP contribution in [-0.2, 0) is 6.18 Å². The van der Waals surface area contributed by atoms with E-state index in [4.69, 9.17) is 11.1 Å². The number of nitrogens with zero attached hydrogens (tertiary/aromatic N) is 2. The standard InChI is InChI=1S/C13H17F3N4/c1-2-8-5-6-20(7-8)12-9(11(17)18)3-4-10(19-12)13(14,15)16/h3-4,8H,2,5-7H2,1H3,(H3,17,18). The summed E-state index contributed by atoms with van der Waals surface area (Å²) in [6.45, 7) is 3.36. The number of nitrogens with one attached hydrogen (secondary N) is 1. The van der Waals surface area contributed by atoms with Gasteiger partial charge in [0.15, 0.2) is 0 Å². The van der Waals surface area contributed by atoms with Gasteiger partial charge in [-0.2, -0.15) is 13.2 Å². The molecule has 2 rings (SSSR count). The Labute approximate surface area is 115 Å². The minimum atomic E-state index is -4.49. The molecule has 0 aromatic carbocycles. The molecule has 0 radical (unpaired) electrons. The molecule has 1 saturated heterocycles. The van der Waals surface area contributed by atoms with Crippen molar-refractivity contribution in [3.05, 3.63) is 23.4 Å². The molecule has 0 saturated carbocycles. The quantitative estimate of drug-likeness (QED) is 0.663. The number of nitrogens with two attached hydrogens (primary N) is 1. The SMILES string of the molecule is CCC1CCN(c2nc(C(F)(F)F)ccc2C(=N)N)C1. The first kappa shape index (κ1) is 14.6. The van der Waals surface area contributed by atoms with Crippen LogP contribution in [0.25, 0.3) is 0 Å². The Balaban J connectivity index is 2.40. The Hall–Kier alpha value is -1.79. The summed E-state index contributed by atoms with van der Waals surface area (Å²) in [4.78, 5) is 5.49. The fourth-order valence-electron chi connectivity index (χ4n) is 2.42. The van der Waals surface area contributed by atoms with Crippen molar-refractivity contribution in [1.82, 2.24) is 4.98 Å². The molecular formula is C13H17F3N4. The molecule has 0 spiro atoms. The first-order chi connectivity index (χ1) is 9.32. The average Bonchev–Trinajstić information content (AvgIpc) is 2.85. The van der Waals surface area contributed by atoms with E-state index in [0.717, 1.165) is 18.9 Å². The summed E-state index contributed by atoms with van der Waals surface area (Å²) in [6.07, 6.45) is -2.59. The van der Waals surface area contributed by atoms with E-state index in [1.807, 2.05) is 0 Å². The second kappa shape index (κ2) is 5.30. The number of nitrogen functional groups attached to an aromatic ring is 1. The van der Waals surface area contributed by atoms with Crippen LogP contribution in [0.4, 0.5) is 19.0 Å². The summed E-state index contributed by atoms with van der Waals surface area (Å²) < 4.78 is 38.3. The molecule has 4 nitrogen and oxygen atoms in total. The third-order valence-electron chi connectivity index (χ3n) is 3.62. The number of pyridine rings is 1. The van der Waals surface area contributed by atoms with E-state index < -0.39 is 11.9 Å². The minimum absolute atomic E-state index is 0.170. The van der Waals surface area contributed by atoms with Crippen molar-refractivity contribution >= 4 is 11.7 Å². The number of hydrogen-bond acceptors (Lipinski definition) is 3. The molecule has 110 valence electrons. The molecule has 0 amide bonds. The van der Waals surface area contributed by atoms with Gasteiger partial charge in [-0.05, 0) is 24.5 Å². The molecule has 20 heavy (non-hydrogen) atoms. The molecule has 1 aliphatic heterocycles. The average molecular weight is 286 g/mol. The molecule has 0 bridgehead atoms. The molecule has 1 aromatic heterocycles. The number of rotatable bonds is 3. The lowest BCUT2D eigenvalue weighted by Gasteiger charge is -2.21. The monoisotopic (exact) mass is 286 g/mol. The topological polar surface area (TPSA) is 66.0 Å². The first-order valence-corrected chi connectivity index (χ1v) is 6.50. The van der Waals surface area contributed by atoms with Crippen LogP contribution < -0.4 is 10.6 Å². The Bertz CT molecular complexity index is 513. The Morgan fingerprint density at radius 1 is 1.50 bits per heavy atom. The largest absolute Gasteiger partial charge is 0.433 e. The van der Waals surface area contributed by atoms with Crippen molar-refractivity contribution in [3.63, 3.8) is 0 Å². The Morgan fingerprint density at radius 3 is 2.70 bits per heavy atom. The lowest BCUT2D eigenvalue weighted by molar-refractivity contribution is -0.141. The maximum atomic E-state index is 12.8. The number of alkyl halides is 3. The summed E-state index contributed by atoms with van der Waals surface area (Å²) in [6, 6.07) is 2.10. The van der Waals surface area contributed by atoms with Gasteiger partial charge in [-0.15, -0.1) is 0 Å². The normalized spacial score (nSPS) is 19.4. The van der Waals surface area contributed by atoms with Crippen LogP contribution in [0.3, 0.4) is 0 Å². The highest BCUT2D eigenvalue weighted by atomic mass is 19.4. The summed E-state index contributed by atoms with van der Waals surface area (Å²) in [5.74, 6) is 0.357. The van der Waals surface area contributed by atoms with Gasteiger partial charge in [0.05, 0.1) is 5.56 Å². The van der Waals surface area contributed by atoms with Gasteiger partial charge < -0.3 is 10.6 Å². The summed E-state index contributed by atoms with van der Waals surface area (Å²) in [5.41, 5.74) is 4.76. The molecule has 1 fully saturated rings. The van der Waals surface area contributed by atoms with E-state index in [1.54, 1.807) is 4.90 Å². The van der Waals surface area contributed by atoms with Crippen molar-refractivity contribution in [2.75, 3.05) is 18.0 Å². The van der Waals surface area contributed by atoms with E-state index in [1.165, 1.54) is 6.07 Å². The molecule has 1 atom stereocenters. The van der Waals surface area contributed by atoms with Crippen molar-refractivity contribution in [1.29, 1.82) is 5.41 Å². The fraction of sp³-hybridized carbons (Fsp3) is 0.538. The lowest BCUT2D eigenvalue weighted by Crippen LogP contribution is -2.26. The van der Waals surface area contributed by atoms with Gasteiger partial charge >= 0.3 is 6.18 Å². The van der Waals surface area contributed by atoms with Crippen molar-refractivity contribution in [3.8, 4) is 0 Å². The maximum Gasteiger partial charge on any atom is 0.433 e. The highest BCUT2D eigenvalue weighted by molar-refractivity contribution is 5.99. The van der Waals surface area contributed by atoms with Crippen LogP contribution in [0.15, 0.2) is 12.1 Å². The highest BCUT2D eigenvalue weighted by Crippen LogP contribution is 2.32. The van der Waals surface area contributed by atoms with E-state index in [-0.39, 0.29) is 17.2 Å². The van der Waals surface area contributed by atoms with Gasteiger partial charge in [-0.3, -0.25) is 5.41 Å². The van der Waals surface area contributed by atoms with Crippen molar-refractivity contribution in [2.45, 2.75) is 25.9 Å². The predicted molar refractivity (Wildman–Crippen MR) is 70.9 cm³/mol. The predicted octanol–water partition coefficient (Wildman–Crippen LogP) is 2.62. The van der Waals surface area contributed by atoms with Crippen LogP contribution in [0.5, 0.6) is 0 Å². The summed E-state index contributed by atoms with van der Waals surface area (Å²) >= 11 is 0. The number of amidine groups is 1. The highest BCUT2D eigenvalue weighted by Gasteiger charge is 2.34. The lowest BCUT2D eigenvalue weighted by atomic mass is 10.1. The third-order valence-corrected chi connectivity index (χ3v) is 3.62. The molecule has 3 N–H and O–H groups in total. The van der Waals surface area contributed by atoms with E-state index in [9.17, 15) is 13.2 Å². The van der Waals surface area contributed by atoms with E-state index in [0.29, 0.717) is 19.0 Å². The van der Waals surface area contributed by atoms with E-state index >= 15 is 0 Å². The Kier molecular flexibility index (Phi) is 3.87. The zero-order valence-electron chi connectivity index (χ0n) is 11.2. The number of halogens is 3. The minimum Gasteiger partial charge on any atom is -0.384 e. The van der Waals surface area contributed by atoms with E-state index in [2.05, 4.69) is 11.9 Å². The molecule has 7 heteroatoms. The maximum absolute atomic E-state index is 12.8. The van der Waals surface area contributed by atoms with Crippen LogP contribution in [0, 0.1) is 11.3 Å². The van der Waals surface area contributed by atoms with Gasteiger partial charge in [0.25, 0.3) is 0 Å². The first-order valence-electron chi connectivity index (χ1n) is 6.50. The van der Waals surface area contributed by atoms with Crippen LogP contribution in [-0.4, -0.2) is 23.9 Å². The second-order valence-corrected chi connectivity index (χ2v) is 4.99. The molecule has 2 heterocycles. The molecule has 1 aromatic rings. The fourth-order valence-corrected chi connectivity index (χ4v) is 2.42. The van der Waals surface area contributed by atoms with Gasteiger partial charge in [0.2, 0.25) is 0 Å². The van der Waals surface area contributed by atoms with Gasteiger partial charge in [0, 0.05) is 13.1 Å². The van der Waals surface area contributed by atoms with Gasteiger partial charge in [0.1, 0.15) is 17.3 Å². The second-order valence-electron chi connectivity index (χ2n) is 4.99. The summed E-state index contributed by atoms with van der Waals surface area (Å²) in [5, 5.41) is 7.49. The third kappa shape index (κ3) is 2.86. The smallest absolute Gasteiger partial charge is 0.384 e. The summed E-state index contributed by atoms with van der Waals surface area (Å²) in [7, 11) is 0. The zero-order valence-corrected chi connectivity index (χ0v) is 11.2. The van der Waals surface area contributed by atoms with Crippen molar-refractivity contribution < 1.29 is 13.2 Å². The molecular weight excluding hydrogens is 269 g/mol. The molecule has 0 aliphatic carbocycles. The van der Waals surface area contributed by atoms with Crippen molar-refractivity contribution in [2.24, 2.45) is 11.7 Å². The number of hydrogen-bond donors (Lipinski definition) is 2. The molecule has 1 aliphatic rings. The zero-order chi connectivity index (χ0) is 14.9. The number of anilines is 1. The van der Waals surface area contributed by atoms with Crippen LogP contribution in [0.1, 0.15) is 31.0 Å². The van der Waals surface area contributed by atoms with Gasteiger partial charge in [-0.25, -0.2) is 4.98 Å².